The molecule has 1 fully saturated rings. The molecule has 2 heterocycles. The summed E-state index contributed by atoms with van der Waals surface area (Å²) >= 11 is 0. The topological polar surface area (TPSA) is 167 Å². The minimum absolute atomic E-state index is 0.0286. The molecule has 0 spiro atoms. The Morgan fingerprint density at radius 3 is 2.44 bits per heavy atom. The van der Waals surface area contributed by atoms with Crippen LogP contribution in [0.2, 0.25) is 0 Å². The Hall–Kier alpha value is -3.16. The third-order valence-corrected chi connectivity index (χ3v) is 7.65. The minimum Gasteiger partial charge on any atom is -0.462 e. The first-order chi connectivity index (χ1) is 19.1. The van der Waals surface area contributed by atoms with Gasteiger partial charge in [-0.05, 0) is 45.9 Å². The summed E-state index contributed by atoms with van der Waals surface area (Å²) in [4.78, 5) is 40.7. The van der Waals surface area contributed by atoms with E-state index in [-0.39, 0.29) is 23.4 Å². The number of alkyl halides is 1. The first kappa shape index (κ1) is 32.4. The lowest BCUT2D eigenvalue weighted by molar-refractivity contribution is -0.149. The maximum Gasteiger partial charge on any atom is 0.459 e. The molecule has 15 heteroatoms. The number of halogens is 1. The highest BCUT2D eigenvalue weighted by Crippen LogP contribution is 2.47. The van der Waals surface area contributed by atoms with Crippen LogP contribution in [0.3, 0.4) is 0 Å². The molecule has 0 bridgehead atoms. The normalized spacial score (nSPS) is 24.6. The highest BCUT2D eigenvalue weighted by molar-refractivity contribution is 7.52. The Morgan fingerprint density at radius 2 is 1.85 bits per heavy atom. The van der Waals surface area contributed by atoms with E-state index in [4.69, 9.17) is 18.5 Å². The van der Waals surface area contributed by atoms with Gasteiger partial charge in [-0.25, -0.2) is 13.8 Å². The number of rotatable bonds is 12. The first-order valence-electron chi connectivity index (χ1n) is 13.0. The van der Waals surface area contributed by atoms with Crippen LogP contribution in [-0.4, -0.2) is 63.2 Å². The summed E-state index contributed by atoms with van der Waals surface area (Å²) in [7, 11) is -4.33. The highest BCUT2D eigenvalue weighted by atomic mass is 31.2. The van der Waals surface area contributed by atoms with Gasteiger partial charge in [0.1, 0.15) is 29.8 Å². The van der Waals surface area contributed by atoms with E-state index in [9.17, 15) is 24.1 Å². The van der Waals surface area contributed by atoms with Crippen molar-refractivity contribution in [1.29, 1.82) is 0 Å². The van der Waals surface area contributed by atoms with E-state index in [1.165, 1.54) is 31.3 Å². The fraction of sp³-hybridized carbons (Fsp3) is 0.538. The number of amides is 1. The molecule has 0 aliphatic carbocycles. The predicted octanol–water partition coefficient (Wildman–Crippen LogP) is 2.96. The van der Waals surface area contributed by atoms with Gasteiger partial charge in [0.15, 0.2) is 11.9 Å². The van der Waals surface area contributed by atoms with Gasteiger partial charge in [-0.15, -0.1) is 0 Å². The second kappa shape index (κ2) is 13.2. The second-order valence-corrected chi connectivity index (χ2v) is 12.0. The first-order valence-corrected chi connectivity index (χ1v) is 14.6. The van der Waals surface area contributed by atoms with Gasteiger partial charge in [0.2, 0.25) is 5.91 Å². The summed E-state index contributed by atoms with van der Waals surface area (Å²) in [6, 6.07) is 8.16. The van der Waals surface area contributed by atoms with Crippen LogP contribution in [0.1, 0.15) is 47.8 Å². The van der Waals surface area contributed by atoms with E-state index < -0.39 is 62.3 Å². The number of carbonyl (C=O) groups is 2. The zero-order chi connectivity index (χ0) is 30.5. The van der Waals surface area contributed by atoms with Crippen molar-refractivity contribution in [3.05, 3.63) is 53.1 Å². The van der Waals surface area contributed by atoms with Crippen molar-refractivity contribution in [3.8, 4) is 5.75 Å². The van der Waals surface area contributed by atoms with E-state index in [0.717, 1.165) is 11.5 Å². The van der Waals surface area contributed by atoms with Gasteiger partial charge >= 0.3 is 19.4 Å². The maximum atomic E-state index is 15.7. The molecule has 1 aliphatic rings. The third kappa shape index (κ3) is 8.20. The zero-order valence-electron chi connectivity index (χ0n) is 23.6. The number of nitrogens with one attached hydrogen (secondary N) is 2. The lowest BCUT2D eigenvalue weighted by atomic mass is 9.98. The number of carbonyl (C=O) groups excluding carboxylic acids is 2. The number of esters is 1. The van der Waals surface area contributed by atoms with Crippen molar-refractivity contribution in [3.63, 3.8) is 0 Å². The average molecular weight is 599 g/mol. The molecule has 41 heavy (non-hydrogen) atoms. The number of hydrogen-bond acceptors (Lipinski definition) is 10. The fourth-order valence-electron chi connectivity index (χ4n) is 3.79. The van der Waals surface area contributed by atoms with Crippen molar-refractivity contribution in [1.82, 2.24) is 14.6 Å². The number of anilines is 1. The van der Waals surface area contributed by atoms with Crippen LogP contribution >= 0.6 is 7.75 Å². The number of aliphatic hydroxyl groups is 1. The van der Waals surface area contributed by atoms with Crippen molar-refractivity contribution in [2.45, 2.75) is 77.8 Å². The molecule has 2 aromatic rings. The molecular weight excluding hydrogens is 562 g/mol. The van der Waals surface area contributed by atoms with Gasteiger partial charge in [0.25, 0.3) is 0 Å². The molecule has 0 saturated carbocycles. The van der Waals surface area contributed by atoms with E-state index >= 15 is 4.39 Å². The Morgan fingerprint density at radius 1 is 1.20 bits per heavy atom. The second-order valence-electron chi connectivity index (χ2n) is 10.3. The number of aliphatic hydroxyl groups excluding tert-OH is 1. The summed E-state index contributed by atoms with van der Waals surface area (Å²) in [6.07, 6.45) is -4.12. The van der Waals surface area contributed by atoms with Crippen molar-refractivity contribution < 1.29 is 42.2 Å². The largest absolute Gasteiger partial charge is 0.462 e. The third-order valence-electron chi connectivity index (χ3n) is 6.01. The van der Waals surface area contributed by atoms with Crippen LogP contribution in [0.5, 0.6) is 5.75 Å². The average Bonchev–Trinajstić information content (AvgIpc) is 3.11. The molecular formula is C26H36FN4O9P. The maximum absolute atomic E-state index is 15.7. The zero-order valence-corrected chi connectivity index (χ0v) is 24.5. The molecule has 13 nitrogen and oxygen atoms in total. The quantitative estimate of drug-likeness (QED) is 0.243. The van der Waals surface area contributed by atoms with Crippen molar-refractivity contribution >= 4 is 25.4 Å². The smallest absolute Gasteiger partial charge is 0.459 e. The van der Waals surface area contributed by atoms with Gasteiger partial charge < -0.3 is 24.4 Å². The predicted molar refractivity (Wildman–Crippen MR) is 146 cm³/mol. The van der Waals surface area contributed by atoms with Gasteiger partial charge in [-0.3, -0.25) is 18.7 Å². The SMILES string of the molecule is CC(C)OC(=O)[C@H](C)N[P@](=O)(OC[C@H]1O[C@@H](n2ccc(NC(=O)C(C)C)nc2=O)[C@](C)(F)[C@@H]1O)Oc1ccccc1. The molecule has 1 amide bonds. The number of benzene rings is 1. The van der Waals surface area contributed by atoms with Gasteiger partial charge in [0.05, 0.1) is 12.7 Å². The van der Waals surface area contributed by atoms with Crippen molar-refractivity contribution in [2.75, 3.05) is 11.9 Å². The van der Waals surface area contributed by atoms with E-state index in [0.29, 0.717) is 0 Å². The van der Waals surface area contributed by atoms with Crippen LogP contribution in [-0.2, 0) is 28.2 Å². The Labute approximate surface area is 236 Å². The van der Waals surface area contributed by atoms with E-state index in [1.54, 1.807) is 45.9 Å². The lowest BCUT2D eigenvalue weighted by Gasteiger charge is -2.25. The minimum atomic E-state index is -4.33. The van der Waals surface area contributed by atoms with Crippen LogP contribution in [0.15, 0.2) is 47.4 Å². The van der Waals surface area contributed by atoms with Gasteiger partial charge in [-0.2, -0.15) is 10.1 Å². The number of nitrogens with zero attached hydrogens (tertiary/aromatic N) is 2. The molecule has 1 aromatic heterocycles. The van der Waals surface area contributed by atoms with Crippen molar-refractivity contribution in [2.24, 2.45) is 5.92 Å². The number of aromatic nitrogens is 2. The highest BCUT2D eigenvalue weighted by Gasteiger charge is 2.56. The molecule has 3 rings (SSSR count). The Kier molecular flexibility index (Phi) is 10.4. The van der Waals surface area contributed by atoms with Crippen LogP contribution in [0.4, 0.5) is 10.2 Å². The van der Waals surface area contributed by atoms with E-state index in [1.807, 2.05) is 0 Å². The number of para-hydroxylation sites is 1. The summed E-state index contributed by atoms with van der Waals surface area (Å²) < 4.78 is 52.1. The summed E-state index contributed by atoms with van der Waals surface area (Å²) in [6.45, 7) is 8.42. The fourth-order valence-corrected chi connectivity index (χ4v) is 5.29. The number of ether oxygens (including phenoxy) is 2. The molecule has 3 N–H and O–H groups in total. The molecule has 0 radical (unpaired) electrons. The van der Waals surface area contributed by atoms with Crippen LogP contribution < -0.4 is 20.6 Å². The Balaban J connectivity index is 1.79. The summed E-state index contributed by atoms with van der Waals surface area (Å²) in [5.74, 6) is -1.32. The standard InChI is InChI=1S/C26H36FN4O9P/c1-15(2)22(33)28-20-12-13-31(25(35)29-20)24-26(6,27)21(32)19(39-24)14-37-41(36,40-18-10-8-7-9-11-18)30-17(5)23(34)38-16(3)4/h7-13,15-17,19,21,24,32H,14H2,1-6H3,(H,30,36)(H,28,29,33,35)/t17-,19+,21+,24+,26+,41-/m0/s1. The summed E-state index contributed by atoms with van der Waals surface area (Å²) in [5, 5.41) is 15.7. The Bertz CT molecular complexity index is 1320. The van der Waals surface area contributed by atoms with Crippen LogP contribution in [0, 0.1) is 5.92 Å². The lowest BCUT2D eigenvalue weighted by Crippen LogP contribution is -2.43. The molecule has 1 saturated heterocycles. The molecule has 6 atom stereocenters. The molecule has 1 aliphatic heterocycles. The summed E-state index contributed by atoms with van der Waals surface area (Å²) in [5.41, 5.74) is -3.44. The van der Waals surface area contributed by atoms with Gasteiger partial charge in [0, 0.05) is 12.1 Å². The molecule has 0 unspecified atom stereocenters. The monoisotopic (exact) mass is 598 g/mol. The number of hydrogen-bond donors (Lipinski definition) is 3. The molecule has 1 aromatic carbocycles. The van der Waals surface area contributed by atoms with E-state index in [2.05, 4.69) is 15.4 Å². The molecule has 226 valence electrons. The van der Waals surface area contributed by atoms with Crippen LogP contribution in [0.25, 0.3) is 0 Å². The van der Waals surface area contributed by atoms with Gasteiger partial charge in [-0.1, -0.05) is 32.0 Å².